The summed E-state index contributed by atoms with van der Waals surface area (Å²) in [6, 6.07) is 23.3. The SMILES string of the molecule is CCN(Cc1ccccc1)c1nc(C)cc(N2CCN(c3ccccc3)CC2)n1. The van der Waals surface area contributed by atoms with E-state index in [1.807, 2.05) is 0 Å². The molecule has 0 bridgehead atoms. The Hall–Kier alpha value is -3.08. The van der Waals surface area contributed by atoms with E-state index in [1.54, 1.807) is 0 Å². The summed E-state index contributed by atoms with van der Waals surface area (Å²) in [5.41, 5.74) is 3.59. The van der Waals surface area contributed by atoms with Crippen LogP contribution in [0.15, 0.2) is 66.7 Å². The van der Waals surface area contributed by atoms with Gasteiger partial charge in [-0.15, -0.1) is 0 Å². The molecule has 1 aromatic heterocycles. The second-order valence-corrected chi connectivity index (χ2v) is 7.48. The van der Waals surface area contributed by atoms with Gasteiger partial charge in [0.05, 0.1) is 0 Å². The van der Waals surface area contributed by atoms with Gasteiger partial charge in [-0.3, -0.25) is 0 Å². The monoisotopic (exact) mass is 387 g/mol. The first-order chi connectivity index (χ1) is 14.2. The third-order valence-corrected chi connectivity index (χ3v) is 5.43. The lowest BCUT2D eigenvalue weighted by molar-refractivity contribution is 0.645. The zero-order valence-corrected chi connectivity index (χ0v) is 17.3. The predicted octanol–water partition coefficient (Wildman–Crippen LogP) is 4.14. The third kappa shape index (κ3) is 4.67. The van der Waals surface area contributed by atoms with E-state index in [9.17, 15) is 0 Å². The van der Waals surface area contributed by atoms with E-state index in [0.29, 0.717) is 0 Å². The first-order valence-corrected chi connectivity index (χ1v) is 10.4. The van der Waals surface area contributed by atoms with Crippen molar-refractivity contribution in [3.05, 3.63) is 78.0 Å². The number of benzene rings is 2. The number of hydrogen-bond acceptors (Lipinski definition) is 5. The molecular formula is C24H29N5. The van der Waals surface area contributed by atoms with Crippen molar-refractivity contribution in [1.29, 1.82) is 0 Å². The molecule has 0 atom stereocenters. The van der Waals surface area contributed by atoms with Crippen molar-refractivity contribution >= 4 is 17.5 Å². The maximum absolute atomic E-state index is 4.94. The van der Waals surface area contributed by atoms with Crippen LogP contribution in [0.4, 0.5) is 17.5 Å². The largest absolute Gasteiger partial charge is 0.368 e. The maximum Gasteiger partial charge on any atom is 0.227 e. The maximum atomic E-state index is 4.94. The summed E-state index contributed by atoms with van der Waals surface area (Å²) in [6.07, 6.45) is 0. The molecule has 0 unspecified atom stereocenters. The number of aryl methyl sites for hydroxylation is 1. The highest BCUT2D eigenvalue weighted by Crippen LogP contribution is 2.22. The van der Waals surface area contributed by atoms with E-state index in [1.165, 1.54) is 11.3 Å². The van der Waals surface area contributed by atoms with Gasteiger partial charge in [-0.05, 0) is 31.5 Å². The second kappa shape index (κ2) is 8.95. The molecule has 0 spiro atoms. The zero-order chi connectivity index (χ0) is 20.1. The molecule has 2 aromatic carbocycles. The van der Waals surface area contributed by atoms with Gasteiger partial charge in [0.15, 0.2) is 0 Å². The topological polar surface area (TPSA) is 35.5 Å². The van der Waals surface area contributed by atoms with Crippen LogP contribution in [-0.2, 0) is 6.54 Å². The van der Waals surface area contributed by atoms with Crippen LogP contribution in [0.25, 0.3) is 0 Å². The Labute approximate surface area is 173 Å². The highest BCUT2D eigenvalue weighted by atomic mass is 15.3. The normalized spacial score (nSPS) is 14.1. The Bertz CT molecular complexity index is 905. The number of aromatic nitrogens is 2. The third-order valence-electron chi connectivity index (χ3n) is 5.43. The minimum Gasteiger partial charge on any atom is -0.368 e. The van der Waals surface area contributed by atoms with Crippen LogP contribution in [0.2, 0.25) is 0 Å². The molecule has 5 nitrogen and oxygen atoms in total. The van der Waals surface area contributed by atoms with Crippen LogP contribution >= 0.6 is 0 Å². The summed E-state index contributed by atoms with van der Waals surface area (Å²) < 4.78 is 0. The Morgan fingerprint density at radius 2 is 1.45 bits per heavy atom. The second-order valence-electron chi connectivity index (χ2n) is 7.48. The Balaban J connectivity index is 1.48. The van der Waals surface area contributed by atoms with Gasteiger partial charge in [0.2, 0.25) is 5.95 Å². The number of nitrogens with zero attached hydrogens (tertiary/aromatic N) is 5. The Morgan fingerprint density at radius 3 is 2.10 bits per heavy atom. The quantitative estimate of drug-likeness (QED) is 0.635. The average molecular weight is 388 g/mol. The molecular weight excluding hydrogens is 358 g/mol. The van der Waals surface area contributed by atoms with E-state index in [-0.39, 0.29) is 0 Å². The lowest BCUT2D eigenvalue weighted by Crippen LogP contribution is -2.47. The number of para-hydroxylation sites is 1. The number of rotatable bonds is 6. The molecule has 29 heavy (non-hydrogen) atoms. The van der Waals surface area contributed by atoms with Crippen LogP contribution in [0.5, 0.6) is 0 Å². The van der Waals surface area contributed by atoms with E-state index in [0.717, 1.165) is 56.7 Å². The first-order valence-electron chi connectivity index (χ1n) is 10.4. The summed E-state index contributed by atoms with van der Waals surface area (Å²) in [4.78, 5) is 16.7. The van der Waals surface area contributed by atoms with Gasteiger partial charge < -0.3 is 14.7 Å². The summed E-state index contributed by atoms with van der Waals surface area (Å²) in [7, 11) is 0. The molecule has 1 fully saturated rings. The van der Waals surface area contributed by atoms with Crippen molar-refractivity contribution < 1.29 is 0 Å². The summed E-state index contributed by atoms with van der Waals surface area (Å²) in [5, 5.41) is 0. The summed E-state index contributed by atoms with van der Waals surface area (Å²) >= 11 is 0. The fraction of sp³-hybridized carbons (Fsp3) is 0.333. The van der Waals surface area contributed by atoms with Gasteiger partial charge >= 0.3 is 0 Å². The van der Waals surface area contributed by atoms with Crippen molar-refractivity contribution in [2.45, 2.75) is 20.4 Å². The molecule has 5 heteroatoms. The molecule has 150 valence electrons. The minimum atomic E-state index is 0.817. The first kappa shape index (κ1) is 19.2. The zero-order valence-electron chi connectivity index (χ0n) is 17.3. The minimum absolute atomic E-state index is 0.817. The van der Waals surface area contributed by atoms with Crippen molar-refractivity contribution in [3.63, 3.8) is 0 Å². The van der Waals surface area contributed by atoms with E-state index in [2.05, 4.69) is 95.3 Å². The molecule has 0 N–H and O–H groups in total. The van der Waals surface area contributed by atoms with Crippen LogP contribution in [0, 0.1) is 6.92 Å². The van der Waals surface area contributed by atoms with Crippen LogP contribution < -0.4 is 14.7 Å². The van der Waals surface area contributed by atoms with Crippen LogP contribution in [0.1, 0.15) is 18.2 Å². The molecule has 4 rings (SSSR count). The van der Waals surface area contributed by atoms with Crippen molar-refractivity contribution in [1.82, 2.24) is 9.97 Å². The highest BCUT2D eigenvalue weighted by Gasteiger charge is 2.20. The molecule has 1 aliphatic heterocycles. The summed E-state index contributed by atoms with van der Waals surface area (Å²) in [6.45, 7) is 9.86. The fourth-order valence-electron chi connectivity index (χ4n) is 3.80. The average Bonchev–Trinajstić information content (AvgIpc) is 2.78. The molecule has 0 aliphatic carbocycles. The van der Waals surface area contributed by atoms with Gasteiger partial charge in [0.1, 0.15) is 5.82 Å². The standard InChI is InChI=1S/C24H29N5/c1-3-27(19-21-10-6-4-7-11-21)24-25-20(2)18-23(26-24)29-16-14-28(15-17-29)22-12-8-5-9-13-22/h4-13,18H,3,14-17,19H2,1-2H3. The van der Waals surface area contributed by atoms with Crippen LogP contribution in [-0.4, -0.2) is 42.7 Å². The Kier molecular flexibility index (Phi) is 5.94. The molecule has 1 aliphatic rings. The van der Waals surface area contributed by atoms with E-state index < -0.39 is 0 Å². The Morgan fingerprint density at radius 1 is 0.828 bits per heavy atom. The lowest BCUT2D eigenvalue weighted by Gasteiger charge is -2.37. The van der Waals surface area contributed by atoms with Gasteiger partial charge in [0, 0.05) is 56.7 Å². The van der Waals surface area contributed by atoms with Crippen molar-refractivity contribution in [3.8, 4) is 0 Å². The molecule has 0 amide bonds. The number of piperazine rings is 1. The van der Waals surface area contributed by atoms with Gasteiger partial charge in [-0.25, -0.2) is 4.98 Å². The van der Waals surface area contributed by atoms with Crippen LogP contribution in [0.3, 0.4) is 0 Å². The van der Waals surface area contributed by atoms with Gasteiger partial charge in [-0.1, -0.05) is 48.5 Å². The van der Waals surface area contributed by atoms with E-state index in [4.69, 9.17) is 9.97 Å². The smallest absolute Gasteiger partial charge is 0.227 e. The lowest BCUT2D eigenvalue weighted by atomic mass is 10.2. The van der Waals surface area contributed by atoms with Crippen molar-refractivity contribution in [2.24, 2.45) is 0 Å². The van der Waals surface area contributed by atoms with Gasteiger partial charge in [0.25, 0.3) is 0 Å². The predicted molar refractivity (Wildman–Crippen MR) is 121 cm³/mol. The number of hydrogen-bond donors (Lipinski definition) is 0. The molecule has 0 saturated carbocycles. The molecule has 1 saturated heterocycles. The van der Waals surface area contributed by atoms with Gasteiger partial charge in [-0.2, -0.15) is 4.98 Å². The number of anilines is 3. The molecule has 3 aromatic rings. The highest BCUT2D eigenvalue weighted by molar-refractivity contribution is 5.51. The van der Waals surface area contributed by atoms with E-state index >= 15 is 0 Å². The molecule has 2 heterocycles. The molecule has 0 radical (unpaired) electrons. The fourth-order valence-corrected chi connectivity index (χ4v) is 3.80. The summed E-state index contributed by atoms with van der Waals surface area (Å²) in [5.74, 6) is 1.85. The van der Waals surface area contributed by atoms with Crippen molar-refractivity contribution in [2.75, 3.05) is 47.4 Å².